The average molecular weight is 474 g/mol. The average Bonchev–Trinajstić information content (AvgIpc) is 2.71. The molecule has 1 aliphatic heterocycles. The van der Waals surface area contributed by atoms with Gasteiger partial charge in [0.25, 0.3) is 12.3 Å². The lowest BCUT2D eigenvalue weighted by atomic mass is 9.89. The number of hydrogen-bond donors (Lipinski definition) is 2. The molecule has 1 aromatic heterocycles. The number of aromatic nitrogens is 1. The van der Waals surface area contributed by atoms with Gasteiger partial charge in [0, 0.05) is 23.0 Å². The minimum atomic E-state index is -4.83. The molecular formula is C21H20F6N4O2. The van der Waals surface area contributed by atoms with Crippen LogP contribution in [0.2, 0.25) is 0 Å². The predicted molar refractivity (Wildman–Crippen MR) is 108 cm³/mol. The van der Waals surface area contributed by atoms with Crippen LogP contribution in [0.1, 0.15) is 47.5 Å². The molecule has 1 amide bonds. The highest BCUT2D eigenvalue weighted by atomic mass is 19.4. The molecule has 2 aromatic rings. The van der Waals surface area contributed by atoms with E-state index in [1.807, 2.05) is 0 Å². The second-order valence-electron chi connectivity index (χ2n) is 7.97. The number of nitrogens with zero attached hydrogens (tertiary/aromatic N) is 2. The van der Waals surface area contributed by atoms with Gasteiger partial charge >= 0.3 is 6.18 Å². The number of benzene rings is 1. The summed E-state index contributed by atoms with van der Waals surface area (Å²) in [6.07, 6.45) is -6.71. The normalized spacial score (nSPS) is 23.4. The van der Waals surface area contributed by atoms with Crippen LogP contribution in [0.5, 0.6) is 0 Å². The number of alkyl halides is 5. The molecule has 0 unspecified atom stereocenters. The van der Waals surface area contributed by atoms with Crippen LogP contribution < -0.4 is 11.1 Å². The summed E-state index contributed by atoms with van der Waals surface area (Å²) in [6.45, 7) is 2.87. The van der Waals surface area contributed by atoms with Crippen LogP contribution in [-0.4, -0.2) is 35.1 Å². The van der Waals surface area contributed by atoms with E-state index in [9.17, 15) is 31.1 Å². The number of carbonyl (C=O) groups excluding carboxylic acids is 1. The zero-order valence-corrected chi connectivity index (χ0v) is 17.7. The molecule has 0 fully saturated rings. The molecule has 1 aliphatic rings. The molecule has 2 heterocycles. The minimum Gasteiger partial charge on any atom is -0.385 e. The number of halogens is 6. The van der Waals surface area contributed by atoms with Crippen LogP contribution in [0.4, 0.5) is 32.0 Å². The Balaban J connectivity index is 1.91. The Morgan fingerprint density at radius 3 is 2.45 bits per heavy atom. The van der Waals surface area contributed by atoms with Crippen LogP contribution in [0.3, 0.4) is 0 Å². The van der Waals surface area contributed by atoms with Crippen molar-refractivity contribution in [1.29, 1.82) is 0 Å². The van der Waals surface area contributed by atoms with Gasteiger partial charge in [0.05, 0.1) is 6.61 Å². The number of aryl methyl sites for hydroxylation is 1. The smallest absolute Gasteiger partial charge is 0.385 e. The Morgan fingerprint density at radius 1 is 1.24 bits per heavy atom. The third kappa shape index (κ3) is 4.52. The summed E-state index contributed by atoms with van der Waals surface area (Å²) in [5.41, 5.74) is 0.780. The van der Waals surface area contributed by atoms with Crippen molar-refractivity contribution in [1.82, 2.24) is 4.98 Å². The fourth-order valence-corrected chi connectivity index (χ4v) is 3.29. The van der Waals surface area contributed by atoms with E-state index in [1.165, 1.54) is 26.0 Å². The van der Waals surface area contributed by atoms with E-state index in [0.29, 0.717) is 0 Å². The number of rotatable bonds is 4. The van der Waals surface area contributed by atoms with E-state index < -0.39 is 47.9 Å². The Morgan fingerprint density at radius 2 is 1.91 bits per heavy atom. The van der Waals surface area contributed by atoms with Gasteiger partial charge in [0.2, 0.25) is 5.60 Å². The largest absolute Gasteiger partial charge is 0.424 e. The third-order valence-electron chi connectivity index (χ3n) is 5.41. The summed E-state index contributed by atoms with van der Waals surface area (Å²) in [5, 5.41) is 2.47. The number of carbonyl (C=O) groups is 1. The Hall–Kier alpha value is -3.15. The van der Waals surface area contributed by atoms with Crippen LogP contribution in [-0.2, 0) is 10.3 Å². The first-order chi connectivity index (χ1) is 15.2. The molecule has 3 rings (SSSR count). The molecule has 12 heteroatoms. The molecule has 0 bridgehead atoms. The van der Waals surface area contributed by atoms with Gasteiger partial charge in [-0.3, -0.25) is 14.8 Å². The van der Waals surface area contributed by atoms with E-state index in [-0.39, 0.29) is 28.1 Å². The molecule has 2 atom stereocenters. The number of pyridine rings is 1. The first kappa shape index (κ1) is 24.5. The van der Waals surface area contributed by atoms with Crippen LogP contribution in [0, 0.1) is 12.7 Å². The minimum absolute atomic E-state index is 0.0784. The third-order valence-corrected chi connectivity index (χ3v) is 5.41. The maximum atomic E-state index is 14.6. The molecule has 0 aliphatic carbocycles. The van der Waals surface area contributed by atoms with Crippen LogP contribution >= 0.6 is 0 Å². The summed E-state index contributed by atoms with van der Waals surface area (Å²) >= 11 is 0. The van der Waals surface area contributed by atoms with Crippen LogP contribution in [0.25, 0.3) is 0 Å². The molecule has 0 saturated carbocycles. The molecule has 178 valence electrons. The number of nitrogens with one attached hydrogen (secondary N) is 1. The molecule has 0 spiro atoms. The van der Waals surface area contributed by atoms with Crippen molar-refractivity contribution < 1.29 is 35.9 Å². The van der Waals surface area contributed by atoms with Gasteiger partial charge in [-0.05, 0) is 50.6 Å². The Labute approximate surface area is 184 Å². The second kappa shape index (κ2) is 8.32. The summed E-state index contributed by atoms with van der Waals surface area (Å²) in [5.74, 6) is -2.41. The summed E-state index contributed by atoms with van der Waals surface area (Å²) in [4.78, 5) is 20.2. The SMILES string of the molecule is Cc1cc(C(F)F)cnc1C(=O)Nc1ccc(F)c([C@]2(C)CO[C@@](C)(C(F)(F)F)C(N)=N2)c1. The number of amides is 1. The summed E-state index contributed by atoms with van der Waals surface area (Å²) < 4.78 is 85.2. The number of aliphatic imine (C=N–C) groups is 1. The van der Waals surface area contributed by atoms with Crippen molar-refractivity contribution in [2.24, 2.45) is 10.7 Å². The first-order valence-corrected chi connectivity index (χ1v) is 9.60. The standard InChI is InChI=1S/C21H20F6N4O2/c1-10-6-11(16(23)24)8-29-15(10)17(32)30-12-4-5-14(22)13(7-12)19(2)9-33-20(3,18(28)31-19)21(25,26)27/h4-8,16H,9H2,1-3H3,(H2,28,31)(H,30,32)/t19-,20+/m0/s1. The number of ether oxygens (including phenoxy) is 1. The van der Waals surface area contributed by atoms with Crippen molar-refractivity contribution in [3.05, 3.63) is 58.7 Å². The van der Waals surface area contributed by atoms with Gasteiger partial charge in [-0.2, -0.15) is 13.2 Å². The van der Waals surface area contributed by atoms with Gasteiger partial charge in [0.15, 0.2) is 0 Å². The zero-order chi connectivity index (χ0) is 24.8. The van der Waals surface area contributed by atoms with Gasteiger partial charge in [0.1, 0.15) is 22.9 Å². The number of amidine groups is 1. The number of hydrogen-bond acceptors (Lipinski definition) is 5. The van der Waals surface area contributed by atoms with Gasteiger partial charge < -0.3 is 15.8 Å². The molecule has 6 nitrogen and oxygen atoms in total. The van der Waals surface area contributed by atoms with E-state index in [4.69, 9.17) is 10.5 Å². The van der Waals surface area contributed by atoms with Crippen molar-refractivity contribution in [3.8, 4) is 0 Å². The van der Waals surface area contributed by atoms with Crippen molar-refractivity contribution in [2.45, 2.75) is 44.5 Å². The summed E-state index contributed by atoms with van der Waals surface area (Å²) in [7, 11) is 0. The quantitative estimate of drug-likeness (QED) is 0.632. The number of anilines is 1. The maximum absolute atomic E-state index is 14.6. The van der Waals surface area contributed by atoms with E-state index >= 15 is 0 Å². The van der Waals surface area contributed by atoms with Crippen LogP contribution in [0.15, 0.2) is 35.5 Å². The fraction of sp³-hybridized carbons (Fsp3) is 0.381. The highest BCUT2D eigenvalue weighted by Gasteiger charge is 2.59. The van der Waals surface area contributed by atoms with Gasteiger partial charge in [-0.15, -0.1) is 0 Å². The molecule has 0 radical (unpaired) electrons. The topological polar surface area (TPSA) is 89.6 Å². The second-order valence-corrected chi connectivity index (χ2v) is 7.97. The van der Waals surface area contributed by atoms with E-state index in [2.05, 4.69) is 15.3 Å². The monoisotopic (exact) mass is 474 g/mol. The fourth-order valence-electron chi connectivity index (χ4n) is 3.29. The van der Waals surface area contributed by atoms with Gasteiger partial charge in [-0.1, -0.05) is 0 Å². The lowest BCUT2D eigenvalue weighted by Gasteiger charge is -2.41. The molecule has 3 N–H and O–H groups in total. The maximum Gasteiger partial charge on any atom is 0.424 e. The first-order valence-electron chi connectivity index (χ1n) is 9.60. The van der Waals surface area contributed by atoms with Gasteiger partial charge in [-0.25, -0.2) is 13.2 Å². The highest BCUT2D eigenvalue weighted by Crippen LogP contribution is 2.41. The molecule has 1 aromatic carbocycles. The lowest BCUT2D eigenvalue weighted by Crippen LogP contribution is -2.60. The van der Waals surface area contributed by atoms with E-state index in [0.717, 1.165) is 25.3 Å². The zero-order valence-electron chi connectivity index (χ0n) is 17.7. The predicted octanol–water partition coefficient (Wildman–Crippen LogP) is 4.64. The van der Waals surface area contributed by atoms with Crippen molar-refractivity contribution in [3.63, 3.8) is 0 Å². The van der Waals surface area contributed by atoms with Crippen molar-refractivity contribution >= 4 is 17.4 Å². The van der Waals surface area contributed by atoms with E-state index in [1.54, 1.807) is 0 Å². The molecular weight excluding hydrogens is 454 g/mol. The Kier molecular flexibility index (Phi) is 6.18. The summed E-state index contributed by atoms with van der Waals surface area (Å²) in [6, 6.07) is 4.53. The molecule has 0 saturated heterocycles. The lowest BCUT2D eigenvalue weighted by molar-refractivity contribution is -0.249. The van der Waals surface area contributed by atoms with Crippen molar-refractivity contribution in [2.75, 3.05) is 11.9 Å². The molecule has 33 heavy (non-hydrogen) atoms. The number of nitrogens with two attached hydrogens (primary N) is 1. The highest BCUT2D eigenvalue weighted by molar-refractivity contribution is 6.03. The Bertz CT molecular complexity index is 1120.